The summed E-state index contributed by atoms with van der Waals surface area (Å²) in [4.78, 5) is 11.6. The molecule has 0 bridgehead atoms. The number of anilines is 2. The number of nitrogens with zero attached hydrogens (tertiary/aromatic N) is 4. The summed E-state index contributed by atoms with van der Waals surface area (Å²) in [6, 6.07) is 4.13. The molecule has 0 saturated heterocycles. The van der Waals surface area contributed by atoms with E-state index in [1.807, 2.05) is 16.3 Å². The fourth-order valence-electron chi connectivity index (χ4n) is 1.86. The molecule has 0 aliphatic heterocycles. The van der Waals surface area contributed by atoms with Gasteiger partial charge in [0.2, 0.25) is 5.95 Å². The molecule has 7 nitrogen and oxygen atoms in total. The fraction of sp³-hybridized carbons (Fsp3) is 0.417. The van der Waals surface area contributed by atoms with Gasteiger partial charge in [0.15, 0.2) is 0 Å². The number of ether oxygens (including phenoxy) is 1. The zero-order valence-electron chi connectivity index (χ0n) is 11.2. The number of hydrazine groups is 1. The molecule has 0 atom stereocenters. The van der Waals surface area contributed by atoms with Gasteiger partial charge in [-0.2, -0.15) is 10.2 Å². The Morgan fingerprint density at radius 2 is 2.35 bits per heavy atom. The van der Waals surface area contributed by atoms with E-state index < -0.39 is 0 Å². The molecule has 0 radical (unpaired) electrons. The second-order valence-corrected chi connectivity index (χ2v) is 4.94. The van der Waals surface area contributed by atoms with Gasteiger partial charge in [0.05, 0.1) is 24.5 Å². The van der Waals surface area contributed by atoms with Gasteiger partial charge in [0.25, 0.3) is 0 Å². The molecule has 2 aromatic heterocycles. The zero-order valence-corrected chi connectivity index (χ0v) is 12.0. The molecule has 0 aromatic carbocycles. The molecule has 3 N–H and O–H groups in total. The molecule has 20 heavy (non-hydrogen) atoms. The monoisotopic (exact) mass is 292 g/mol. The van der Waals surface area contributed by atoms with Crippen LogP contribution in [0, 0.1) is 11.3 Å². The van der Waals surface area contributed by atoms with E-state index in [0.29, 0.717) is 32.1 Å². The van der Waals surface area contributed by atoms with Gasteiger partial charge in [-0.1, -0.05) is 0 Å². The van der Waals surface area contributed by atoms with Crippen LogP contribution in [0.25, 0.3) is 10.2 Å². The largest absolute Gasteiger partial charge is 0.383 e. The summed E-state index contributed by atoms with van der Waals surface area (Å²) in [7, 11) is 1.65. The van der Waals surface area contributed by atoms with Gasteiger partial charge in [-0.25, -0.2) is 10.8 Å². The lowest BCUT2D eigenvalue weighted by Gasteiger charge is -2.23. The Kier molecular flexibility index (Phi) is 5.06. The van der Waals surface area contributed by atoms with Crippen LogP contribution in [0.5, 0.6) is 0 Å². The van der Waals surface area contributed by atoms with Crippen molar-refractivity contribution in [3.63, 3.8) is 0 Å². The Morgan fingerprint density at radius 1 is 1.50 bits per heavy atom. The zero-order chi connectivity index (χ0) is 14.4. The first kappa shape index (κ1) is 14.5. The van der Waals surface area contributed by atoms with E-state index in [4.69, 9.17) is 15.8 Å². The van der Waals surface area contributed by atoms with Crippen molar-refractivity contribution < 1.29 is 4.74 Å². The van der Waals surface area contributed by atoms with Crippen LogP contribution in [0.1, 0.15) is 6.42 Å². The van der Waals surface area contributed by atoms with Crippen molar-refractivity contribution in [1.29, 1.82) is 5.26 Å². The molecular formula is C12H16N6OS. The Morgan fingerprint density at radius 3 is 3.05 bits per heavy atom. The van der Waals surface area contributed by atoms with E-state index in [-0.39, 0.29) is 0 Å². The van der Waals surface area contributed by atoms with Crippen LogP contribution < -0.4 is 16.2 Å². The normalized spacial score (nSPS) is 10.4. The number of aromatic nitrogens is 2. The number of hydrogen-bond donors (Lipinski definition) is 2. The average molecular weight is 292 g/mol. The minimum absolute atomic E-state index is 0.370. The highest BCUT2D eigenvalue weighted by Crippen LogP contribution is 2.28. The van der Waals surface area contributed by atoms with E-state index in [1.165, 1.54) is 11.3 Å². The minimum atomic E-state index is 0.370. The maximum atomic E-state index is 8.79. The number of hydrogen-bond acceptors (Lipinski definition) is 8. The van der Waals surface area contributed by atoms with Crippen molar-refractivity contribution in [2.75, 3.05) is 37.1 Å². The molecule has 8 heteroatoms. The van der Waals surface area contributed by atoms with Crippen molar-refractivity contribution in [2.24, 2.45) is 5.84 Å². The van der Waals surface area contributed by atoms with Crippen LogP contribution in [0.4, 0.5) is 11.8 Å². The number of methoxy groups -OCH3 is 1. The molecule has 0 spiro atoms. The summed E-state index contributed by atoms with van der Waals surface area (Å²) >= 11 is 1.53. The molecule has 2 heterocycles. The first-order valence-electron chi connectivity index (χ1n) is 6.13. The summed E-state index contributed by atoms with van der Waals surface area (Å²) in [5.41, 5.74) is 2.48. The van der Waals surface area contributed by atoms with Crippen molar-refractivity contribution in [1.82, 2.24) is 9.97 Å². The summed E-state index contributed by atoms with van der Waals surface area (Å²) in [6.45, 7) is 1.81. The third-order valence-electron chi connectivity index (χ3n) is 2.79. The number of thiophene rings is 1. The topological polar surface area (TPSA) is 100 Å². The van der Waals surface area contributed by atoms with Crippen LogP contribution >= 0.6 is 11.3 Å². The summed E-state index contributed by atoms with van der Waals surface area (Å²) in [6.07, 6.45) is 0.421. The number of rotatable bonds is 7. The van der Waals surface area contributed by atoms with Crippen LogP contribution in [0.2, 0.25) is 0 Å². The van der Waals surface area contributed by atoms with Gasteiger partial charge < -0.3 is 9.64 Å². The van der Waals surface area contributed by atoms with Gasteiger partial charge in [0, 0.05) is 20.2 Å². The molecule has 0 amide bonds. The number of fused-ring (bicyclic) bond motifs is 1. The highest BCUT2D eigenvalue weighted by atomic mass is 32.1. The molecular weight excluding hydrogens is 276 g/mol. The number of nitrogens with one attached hydrogen (secondary N) is 1. The summed E-state index contributed by atoms with van der Waals surface area (Å²) in [5, 5.41) is 11.7. The lowest BCUT2D eigenvalue weighted by atomic mass is 10.3. The Hall–Kier alpha value is -1.95. The molecule has 2 rings (SSSR count). The lowest BCUT2D eigenvalue weighted by molar-refractivity contribution is 0.205. The van der Waals surface area contributed by atoms with Crippen molar-refractivity contribution in [3.05, 3.63) is 11.4 Å². The molecule has 0 saturated carbocycles. The third-order valence-corrected chi connectivity index (χ3v) is 3.60. The lowest BCUT2D eigenvalue weighted by Crippen LogP contribution is -2.29. The quantitative estimate of drug-likeness (QED) is 0.586. The van der Waals surface area contributed by atoms with E-state index >= 15 is 0 Å². The van der Waals surface area contributed by atoms with Crippen LogP contribution in [-0.2, 0) is 4.74 Å². The van der Waals surface area contributed by atoms with Gasteiger partial charge in [-0.15, -0.1) is 11.3 Å². The molecule has 0 unspecified atom stereocenters. The Labute approximate surface area is 121 Å². The predicted octanol–water partition coefficient (Wildman–Crippen LogP) is 1.34. The fourth-order valence-corrected chi connectivity index (χ4v) is 2.61. The predicted molar refractivity (Wildman–Crippen MR) is 79.5 cm³/mol. The van der Waals surface area contributed by atoms with E-state index in [2.05, 4.69) is 21.5 Å². The highest BCUT2D eigenvalue weighted by Gasteiger charge is 2.15. The van der Waals surface area contributed by atoms with Gasteiger partial charge >= 0.3 is 0 Å². The number of nitrogens with two attached hydrogens (primary N) is 1. The summed E-state index contributed by atoms with van der Waals surface area (Å²) in [5.74, 6) is 6.56. The molecule has 0 aliphatic rings. The average Bonchev–Trinajstić information content (AvgIpc) is 2.95. The molecule has 106 valence electrons. The van der Waals surface area contributed by atoms with Crippen LogP contribution in [-0.4, -0.2) is 36.8 Å². The van der Waals surface area contributed by atoms with Crippen molar-refractivity contribution >= 4 is 33.3 Å². The smallest absolute Gasteiger partial charge is 0.240 e. The van der Waals surface area contributed by atoms with E-state index in [9.17, 15) is 0 Å². The van der Waals surface area contributed by atoms with Gasteiger partial charge in [-0.3, -0.25) is 5.43 Å². The van der Waals surface area contributed by atoms with Gasteiger partial charge in [-0.05, 0) is 11.4 Å². The maximum Gasteiger partial charge on any atom is 0.240 e. The maximum absolute atomic E-state index is 8.79. The first-order valence-corrected chi connectivity index (χ1v) is 7.00. The summed E-state index contributed by atoms with van der Waals surface area (Å²) < 4.78 is 5.12. The molecule has 0 fully saturated rings. The molecule has 2 aromatic rings. The second-order valence-electron chi connectivity index (χ2n) is 4.04. The van der Waals surface area contributed by atoms with Crippen LogP contribution in [0.3, 0.4) is 0 Å². The Balaban J connectivity index is 2.39. The Bertz CT molecular complexity index is 608. The highest BCUT2D eigenvalue weighted by molar-refractivity contribution is 7.16. The number of nitriles is 1. The van der Waals surface area contributed by atoms with E-state index in [1.54, 1.807) is 7.11 Å². The van der Waals surface area contributed by atoms with E-state index in [0.717, 1.165) is 16.0 Å². The first-order chi connectivity index (χ1) is 9.80. The van der Waals surface area contributed by atoms with Crippen molar-refractivity contribution in [3.8, 4) is 6.07 Å². The standard InChI is InChI=1S/C12H16N6OS/c1-19-7-6-18(5-2-4-13)10-9-3-8-20-11(9)16-12(15-10)17-14/h3,8H,2,5-7,14H2,1H3,(H,15,16,17). The molecule has 0 aliphatic carbocycles. The van der Waals surface area contributed by atoms with Crippen molar-refractivity contribution in [2.45, 2.75) is 6.42 Å². The third kappa shape index (κ3) is 3.14. The van der Waals surface area contributed by atoms with Gasteiger partial charge in [0.1, 0.15) is 10.6 Å². The number of nitrogen functional groups attached to an aromatic ring is 1. The SMILES string of the molecule is COCCN(CCC#N)c1nc(NN)nc2sccc12. The van der Waals surface area contributed by atoms with Crippen LogP contribution in [0.15, 0.2) is 11.4 Å². The minimum Gasteiger partial charge on any atom is -0.383 e. The second kappa shape index (κ2) is 7.00.